The van der Waals surface area contributed by atoms with E-state index in [4.69, 9.17) is 4.74 Å². The zero-order valence-corrected chi connectivity index (χ0v) is 14.5. The summed E-state index contributed by atoms with van der Waals surface area (Å²) in [4.78, 5) is 34.7. The van der Waals surface area contributed by atoms with Crippen molar-refractivity contribution in [3.05, 3.63) is 58.0 Å². The Balaban J connectivity index is 1.63. The number of morpholine rings is 1. The average molecular weight is 342 g/mol. The maximum Gasteiger partial charge on any atom is 0.250 e. The number of pyridine rings is 1. The van der Waals surface area contributed by atoms with E-state index >= 15 is 0 Å². The van der Waals surface area contributed by atoms with Gasteiger partial charge in [-0.1, -0.05) is 6.07 Å². The third-order valence-corrected chi connectivity index (χ3v) is 4.20. The van der Waals surface area contributed by atoms with Crippen LogP contribution in [0.3, 0.4) is 0 Å². The summed E-state index contributed by atoms with van der Waals surface area (Å²) in [7, 11) is 0. The van der Waals surface area contributed by atoms with Crippen molar-refractivity contribution >= 4 is 5.91 Å². The molecule has 0 N–H and O–H groups in total. The first-order chi connectivity index (χ1) is 12.0. The van der Waals surface area contributed by atoms with Crippen LogP contribution in [0.1, 0.15) is 29.7 Å². The molecule has 0 radical (unpaired) electrons. The van der Waals surface area contributed by atoms with Gasteiger partial charge in [0.1, 0.15) is 11.9 Å². The van der Waals surface area contributed by atoms with Gasteiger partial charge in [0.15, 0.2) is 0 Å². The number of ether oxygens (including phenoxy) is 1. The highest BCUT2D eigenvalue weighted by Gasteiger charge is 2.26. The number of hydrogen-bond donors (Lipinski definition) is 0. The smallest absolute Gasteiger partial charge is 0.250 e. The Morgan fingerprint density at radius 3 is 2.92 bits per heavy atom. The maximum atomic E-state index is 12.5. The van der Waals surface area contributed by atoms with Crippen molar-refractivity contribution in [3.63, 3.8) is 0 Å². The molecule has 1 aliphatic heterocycles. The highest BCUT2D eigenvalue weighted by molar-refractivity contribution is 5.76. The number of aromatic nitrogens is 3. The van der Waals surface area contributed by atoms with Crippen molar-refractivity contribution in [2.45, 2.75) is 32.9 Å². The molecule has 3 rings (SSSR count). The summed E-state index contributed by atoms with van der Waals surface area (Å²) in [6.07, 6.45) is 1.75. The molecule has 1 fully saturated rings. The number of aryl methyl sites for hydroxylation is 3. The van der Waals surface area contributed by atoms with E-state index < -0.39 is 0 Å². The van der Waals surface area contributed by atoms with Crippen LogP contribution < -0.4 is 5.56 Å². The van der Waals surface area contributed by atoms with E-state index in [1.165, 1.54) is 6.07 Å². The minimum atomic E-state index is -0.238. The zero-order chi connectivity index (χ0) is 17.8. The topological polar surface area (TPSA) is 77.3 Å². The molecule has 0 aromatic carbocycles. The van der Waals surface area contributed by atoms with Crippen LogP contribution in [-0.2, 0) is 16.1 Å². The number of hydrogen-bond acceptors (Lipinski definition) is 5. The molecule has 0 aliphatic carbocycles. The van der Waals surface area contributed by atoms with Crippen LogP contribution in [0.15, 0.2) is 35.3 Å². The number of nitrogens with zero attached hydrogens (tertiary/aromatic N) is 4. The second-order valence-electron chi connectivity index (χ2n) is 6.16. The molecule has 132 valence electrons. The maximum absolute atomic E-state index is 12.5. The molecular weight excluding hydrogens is 320 g/mol. The summed E-state index contributed by atoms with van der Waals surface area (Å²) < 4.78 is 7.35. The van der Waals surface area contributed by atoms with E-state index in [1.807, 2.05) is 19.9 Å². The fourth-order valence-corrected chi connectivity index (χ4v) is 2.98. The summed E-state index contributed by atoms with van der Waals surface area (Å²) >= 11 is 0. The van der Waals surface area contributed by atoms with Gasteiger partial charge in [-0.3, -0.25) is 9.59 Å². The van der Waals surface area contributed by atoms with E-state index in [0.717, 1.165) is 11.4 Å². The molecule has 0 bridgehead atoms. The van der Waals surface area contributed by atoms with Gasteiger partial charge in [0.05, 0.1) is 18.8 Å². The van der Waals surface area contributed by atoms with Crippen LogP contribution in [0, 0.1) is 13.8 Å². The Bertz CT molecular complexity index is 798. The normalized spacial score (nSPS) is 17.5. The second-order valence-corrected chi connectivity index (χ2v) is 6.16. The van der Waals surface area contributed by atoms with Gasteiger partial charge in [0.25, 0.3) is 5.56 Å². The number of carbonyl (C=O) groups excluding carboxylic acids is 1. The summed E-state index contributed by atoms with van der Waals surface area (Å²) in [5.41, 5.74) is 1.60. The van der Waals surface area contributed by atoms with Crippen molar-refractivity contribution in [2.24, 2.45) is 0 Å². The molecule has 25 heavy (non-hydrogen) atoms. The van der Waals surface area contributed by atoms with Crippen LogP contribution in [0.2, 0.25) is 0 Å². The molecule has 1 atom stereocenters. The predicted octanol–water partition coefficient (Wildman–Crippen LogP) is 1.25. The van der Waals surface area contributed by atoms with E-state index in [0.29, 0.717) is 38.5 Å². The molecule has 0 unspecified atom stereocenters. The fraction of sp³-hybridized carbons (Fsp3) is 0.444. The lowest BCUT2D eigenvalue weighted by Gasteiger charge is -2.33. The lowest BCUT2D eigenvalue weighted by Crippen LogP contribution is -2.43. The molecule has 7 heteroatoms. The molecule has 2 aromatic rings. The highest BCUT2D eigenvalue weighted by atomic mass is 16.5. The highest BCUT2D eigenvalue weighted by Crippen LogP contribution is 2.21. The van der Waals surface area contributed by atoms with Gasteiger partial charge >= 0.3 is 0 Å². The quantitative estimate of drug-likeness (QED) is 0.836. The van der Waals surface area contributed by atoms with Gasteiger partial charge < -0.3 is 14.2 Å². The molecule has 3 heterocycles. The van der Waals surface area contributed by atoms with Crippen LogP contribution >= 0.6 is 0 Å². The third-order valence-electron chi connectivity index (χ3n) is 4.20. The Kier molecular flexibility index (Phi) is 5.23. The lowest BCUT2D eigenvalue weighted by atomic mass is 10.1. The van der Waals surface area contributed by atoms with Gasteiger partial charge in [0.2, 0.25) is 5.91 Å². The Hall–Kier alpha value is -2.54. The summed E-state index contributed by atoms with van der Waals surface area (Å²) in [5.74, 6) is 0.719. The van der Waals surface area contributed by atoms with Crippen molar-refractivity contribution in [3.8, 4) is 0 Å². The van der Waals surface area contributed by atoms with Crippen molar-refractivity contribution in [2.75, 3.05) is 19.7 Å². The number of amides is 1. The van der Waals surface area contributed by atoms with Gasteiger partial charge in [-0.15, -0.1) is 0 Å². The Morgan fingerprint density at radius 2 is 2.16 bits per heavy atom. The molecule has 1 amide bonds. The van der Waals surface area contributed by atoms with Crippen LogP contribution in [0.4, 0.5) is 0 Å². The first kappa shape index (κ1) is 17.3. The predicted molar refractivity (Wildman–Crippen MR) is 92.1 cm³/mol. The first-order valence-electron chi connectivity index (χ1n) is 8.40. The van der Waals surface area contributed by atoms with E-state index in [-0.39, 0.29) is 17.6 Å². The Morgan fingerprint density at radius 1 is 1.32 bits per heavy atom. The number of rotatable bonds is 4. The van der Waals surface area contributed by atoms with Crippen molar-refractivity contribution in [1.29, 1.82) is 0 Å². The van der Waals surface area contributed by atoms with Crippen molar-refractivity contribution < 1.29 is 9.53 Å². The summed E-state index contributed by atoms with van der Waals surface area (Å²) in [6, 6.07) is 6.87. The summed E-state index contributed by atoms with van der Waals surface area (Å²) in [5, 5.41) is 0. The van der Waals surface area contributed by atoms with Crippen LogP contribution in [0.5, 0.6) is 0 Å². The third kappa shape index (κ3) is 4.30. The monoisotopic (exact) mass is 342 g/mol. The van der Waals surface area contributed by atoms with Gasteiger partial charge in [0, 0.05) is 37.5 Å². The van der Waals surface area contributed by atoms with Gasteiger partial charge in [-0.2, -0.15) is 0 Å². The minimum Gasteiger partial charge on any atom is -0.368 e. The molecule has 1 saturated heterocycles. The molecule has 2 aromatic heterocycles. The molecule has 0 spiro atoms. The standard InChI is InChI=1S/C18H22N4O3/c1-13-11-15(20-14(2)19-13)16-12-22(9-10-25-16)18(24)6-8-21-7-4-3-5-17(21)23/h3-5,7,11,16H,6,8-10,12H2,1-2H3/t16-/m0/s1. The minimum absolute atomic E-state index is 0.0200. The lowest BCUT2D eigenvalue weighted by molar-refractivity contribution is -0.139. The first-order valence-corrected chi connectivity index (χ1v) is 8.40. The van der Waals surface area contributed by atoms with E-state index in [2.05, 4.69) is 9.97 Å². The Labute approximate surface area is 146 Å². The van der Waals surface area contributed by atoms with E-state index in [9.17, 15) is 9.59 Å². The molecule has 0 saturated carbocycles. The van der Waals surface area contributed by atoms with E-state index in [1.54, 1.807) is 27.8 Å². The van der Waals surface area contributed by atoms with Crippen molar-refractivity contribution in [1.82, 2.24) is 19.4 Å². The largest absolute Gasteiger partial charge is 0.368 e. The second kappa shape index (κ2) is 7.57. The SMILES string of the molecule is Cc1cc([C@@H]2CN(C(=O)CCn3ccccc3=O)CCO2)nc(C)n1. The number of carbonyl (C=O) groups is 1. The molecule has 1 aliphatic rings. The van der Waals surface area contributed by atoms with Gasteiger partial charge in [-0.25, -0.2) is 9.97 Å². The molecular formula is C18H22N4O3. The summed E-state index contributed by atoms with van der Waals surface area (Å²) in [6.45, 7) is 5.65. The average Bonchev–Trinajstić information content (AvgIpc) is 2.60. The van der Waals surface area contributed by atoms with Crippen LogP contribution in [-0.4, -0.2) is 45.0 Å². The molecule has 7 nitrogen and oxygen atoms in total. The zero-order valence-electron chi connectivity index (χ0n) is 14.5. The van der Waals surface area contributed by atoms with Gasteiger partial charge in [-0.05, 0) is 26.0 Å². The van der Waals surface area contributed by atoms with Crippen LogP contribution in [0.25, 0.3) is 0 Å². The fourth-order valence-electron chi connectivity index (χ4n) is 2.98.